The minimum Gasteiger partial charge on any atom is -0.496 e. The van der Waals surface area contributed by atoms with Gasteiger partial charge in [-0.05, 0) is 122 Å². The molecular formula is C53H59N3O13. The highest BCUT2D eigenvalue weighted by atomic mass is 16.7. The normalized spacial score (nSPS) is 22.3. The Morgan fingerprint density at radius 3 is 2.42 bits per heavy atom. The lowest BCUT2D eigenvalue weighted by atomic mass is 9.55. The molecule has 4 aromatic rings. The lowest BCUT2D eigenvalue weighted by Gasteiger charge is -2.60. The predicted octanol–water partition coefficient (Wildman–Crippen LogP) is 9.32. The van der Waals surface area contributed by atoms with Crippen molar-refractivity contribution in [1.82, 2.24) is 4.90 Å². The zero-order chi connectivity index (χ0) is 48.5. The van der Waals surface area contributed by atoms with E-state index < -0.39 is 22.7 Å². The fourth-order valence-corrected chi connectivity index (χ4v) is 10.4. The van der Waals surface area contributed by atoms with Crippen LogP contribution in [0.4, 0.5) is 5.69 Å². The molecule has 16 nitrogen and oxygen atoms in total. The molecular weight excluding hydrogens is 887 g/mol. The van der Waals surface area contributed by atoms with Gasteiger partial charge in [0, 0.05) is 55.4 Å². The van der Waals surface area contributed by atoms with Crippen LogP contribution in [0.15, 0.2) is 108 Å². The SMILES string of the molecule is C=CCO[C@@]12Oc3ccc(Oc4ccc(OC)c(C=O)c4)cc3[C@H]3[C@H](CCCCO)[C@@H](CCCCO)C=C(C(=NOCc4ccc([N+](=O)[O-])cc4)C[C@@H]1N(CCC)C(=O)c1ccc4c(c1)OCO4)[C@H]32. The molecule has 0 radical (unpaired) electrons. The number of fused-ring (bicyclic) bond motifs is 3. The highest BCUT2D eigenvalue weighted by molar-refractivity contribution is 6.03. The molecule has 2 N–H and O–H groups in total. The number of amides is 1. The van der Waals surface area contributed by atoms with Crippen molar-refractivity contribution < 1.29 is 58.0 Å². The van der Waals surface area contributed by atoms with Crippen LogP contribution in [-0.4, -0.2) is 90.0 Å². The van der Waals surface area contributed by atoms with E-state index in [1.165, 1.54) is 19.2 Å². The second-order valence-electron chi connectivity index (χ2n) is 17.7. The van der Waals surface area contributed by atoms with E-state index in [1.54, 1.807) is 54.6 Å². The Bertz CT molecular complexity index is 2560. The minimum atomic E-state index is -1.52. The Labute approximate surface area is 401 Å². The van der Waals surface area contributed by atoms with Crippen LogP contribution in [0.1, 0.15) is 96.1 Å². The van der Waals surface area contributed by atoms with Crippen molar-refractivity contribution in [3.05, 3.63) is 136 Å². The maximum Gasteiger partial charge on any atom is 0.269 e. The molecule has 0 spiro atoms. The van der Waals surface area contributed by atoms with Gasteiger partial charge in [0.25, 0.3) is 11.6 Å². The van der Waals surface area contributed by atoms with Crippen molar-refractivity contribution in [1.29, 1.82) is 0 Å². The number of ether oxygens (including phenoxy) is 6. The molecule has 4 aromatic carbocycles. The number of methoxy groups -OCH3 is 1. The van der Waals surface area contributed by atoms with Crippen molar-refractivity contribution in [2.45, 2.75) is 82.6 Å². The molecule has 0 saturated heterocycles. The quantitative estimate of drug-likeness (QED) is 0.0235. The van der Waals surface area contributed by atoms with E-state index >= 15 is 4.79 Å². The number of unbranched alkanes of at least 4 members (excludes halogenated alkanes) is 2. The molecule has 6 atom stereocenters. The van der Waals surface area contributed by atoms with Crippen LogP contribution < -0.4 is 23.7 Å². The number of aliphatic hydroxyl groups excluding tert-OH is 2. The Morgan fingerprint density at radius 2 is 1.70 bits per heavy atom. The van der Waals surface area contributed by atoms with E-state index in [0.717, 1.165) is 36.8 Å². The number of nitro groups is 1. The number of oxime groups is 1. The summed E-state index contributed by atoms with van der Waals surface area (Å²) in [5.41, 5.74) is 3.63. The highest BCUT2D eigenvalue weighted by Crippen LogP contribution is 2.62. The first kappa shape index (κ1) is 48.7. The van der Waals surface area contributed by atoms with Crippen LogP contribution in [0.3, 0.4) is 0 Å². The van der Waals surface area contributed by atoms with Gasteiger partial charge in [-0.1, -0.05) is 37.1 Å². The zero-order valence-corrected chi connectivity index (χ0v) is 39.0. The molecule has 0 unspecified atom stereocenters. The van der Waals surface area contributed by atoms with Gasteiger partial charge in [-0.2, -0.15) is 0 Å². The van der Waals surface area contributed by atoms with Crippen LogP contribution in [0.25, 0.3) is 0 Å². The lowest BCUT2D eigenvalue weighted by Crippen LogP contribution is -2.70. The van der Waals surface area contributed by atoms with Crippen molar-refractivity contribution in [2.75, 3.05) is 40.3 Å². The molecule has 1 amide bonds. The average molecular weight is 946 g/mol. The third-order valence-corrected chi connectivity index (χ3v) is 13.5. The van der Waals surface area contributed by atoms with Gasteiger partial charge in [-0.15, -0.1) is 6.58 Å². The summed E-state index contributed by atoms with van der Waals surface area (Å²) in [6.45, 7) is 6.59. The number of hydrogen-bond donors (Lipinski definition) is 2. The molecule has 2 aliphatic carbocycles. The predicted molar refractivity (Wildman–Crippen MR) is 255 cm³/mol. The monoisotopic (exact) mass is 945 g/mol. The van der Waals surface area contributed by atoms with Gasteiger partial charge in [0.1, 0.15) is 35.6 Å². The summed E-state index contributed by atoms with van der Waals surface area (Å²) in [6.07, 6.45) is 9.55. The Balaban J connectivity index is 1.32. The van der Waals surface area contributed by atoms with Gasteiger partial charge in [0.2, 0.25) is 12.6 Å². The minimum absolute atomic E-state index is 0.0152. The summed E-state index contributed by atoms with van der Waals surface area (Å²) in [5.74, 6) is 0.0897. The highest BCUT2D eigenvalue weighted by Gasteiger charge is 2.65. The Morgan fingerprint density at radius 1 is 0.957 bits per heavy atom. The van der Waals surface area contributed by atoms with Gasteiger partial charge in [-0.25, -0.2) is 0 Å². The van der Waals surface area contributed by atoms with Crippen LogP contribution in [0.2, 0.25) is 0 Å². The van der Waals surface area contributed by atoms with Gasteiger partial charge in [-0.3, -0.25) is 19.7 Å². The number of carbonyl (C=O) groups is 2. The second kappa shape index (κ2) is 22.1. The topological polar surface area (TPSA) is 198 Å². The first-order chi connectivity index (χ1) is 33.7. The largest absolute Gasteiger partial charge is 0.496 e. The second-order valence-corrected chi connectivity index (χ2v) is 17.7. The summed E-state index contributed by atoms with van der Waals surface area (Å²) in [5, 5.41) is 36.4. The number of nitrogens with zero attached hydrogens (tertiary/aromatic N) is 3. The summed E-state index contributed by atoms with van der Waals surface area (Å²) in [4.78, 5) is 46.2. The van der Waals surface area contributed by atoms with Crippen molar-refractivity contribution in [2.24, 2.45) is 22.9 Å². The lowest BCUT2D eigenvalue weighted by molar-refractivity contribution is -0.384. The molecule has 69 heavy (non-hydrogen) atoms. The first-order valence-electron chi connectivity index (χ1n) is 23.6. The molecule has 1 fully saturated rings. The Kier molecular flexibility index (Phi) is 15.6. The van der Waals surface area contributed by atoms with Gasteiger partial charge in [0.15, 0.2) is 17.8 Å². The van der Waals surface area contributed by atoms with Crippen LogP contribution in [0.5, 0.6) is 34.5 Å². The van der Waals surface area contributed by atoms with Gasteiger partial charge >= 0.3 is 0 Å². The fraction of sp³-hybridized carbons (Fsp3) is 0.415. The molecule has 2 heterocycles. The maximum absolute atomic E-state index is 15.2. The van der Waals surface area contributed by atoms with Crippen LogP contribution in [-0.2, 0) is 16.2 Å². The number of rotatable bonds is 23. The van der Waals surface area contributed by atoms with Gasteiger partial charge in [0.05, 0.1) is 35.8 Å². The van der Waals surface area contributed by atoms with E-state index in [0.29, 0.717) is 89.0 Å². The molecule has 0 aromatic heterocycles. The van der Waals surface area contributed by atoms with Crippen molar-refractivity contribution in [3.8, 4) is 34.5 Å². The number of hydrogen-bond acceptors (Lipinski definition) is 14. The maximum atomic E-state index is 15.2. The molecule has 0 bridgehead atoms. The number of aliphatic hydroxyl groups is 2. The third kappa shape index (κ3) is 10.2. The number of allylic oxidation sites excluding steroid dienone is 1. The standard InChI is InChI=1S/C53H59N3O13/c1-4-22-55(52(60)36-14-19-47-48(28-36)65-33-64-47)49-30-44(54-67-32-34-12-15-38(16-13-34)56(61)62)42-27-35(10-6-8-23-57)41(11-7-9-24-58)50-43-29-40(68-39-17-20-45(63-3)37(26-39)31-59)18-21-46(43)69-53(49,51(42)50)66-25-5-2/h5,12-21,26-29,31,35,41,49-51,57-58H,2,4,6-11,22-25,30,32-33H2,1,3H3/t35-,41+,49-,50+,51+,53+/m0/s1. The van der Waals surface area contributed by atoms with E-state index in [1.807, 2.05) is 30.0 Å². The number of non-ortho nitro benzene ring substituents is 1. The summed E-state index contributed by atoms with van der Waals surface area (Å²) < 4.78 is 37.7. The van der Waals surface area contributed by atoms with E-state index in [4.69, 9.17) is 38.4 Å². The molecule has 364 valence electrons. The molecule has 2 aliphatic heterocycles. The Hall–Kier alpha value is -6.75. The number of nitro benzene ring substituents is 1. The van der Waals surface area contributed by atoms with E-state index in [9.17, 15) is 25.1 Å². The summed E-state index contributed by atoms with van der Waals surface area (Å²) >= 11 is 0. The molecule has 16 heteroatoms. The molecule has 8 rings (SSSR count). The fourth-order valence-electron chi connectivity index (χ4n) is 10.4. The van der Waals surface area contributed by atoms with Crippen molar-refractivity contribution >= 4 is 23.6 Å². The summed E-state index contributed by atoms with van der Waals surface area (Å²) in [7, 11) is 1.50. The van der Waals surface area contributed by atoms with Crippen LogP contribution in [0, 0.1) is 27.9 Å². The number of aldehydes is 1. The van der Waals surface area contributed by atoms with Crippen LogP contribution >= 0.6 is 0 Å². The number of carbonyl (C=O) groups excluding carboxylic acids is 2. The number of benzene rings is 4. The first-order valence-corrected chi connectivity index (χ1v) is 23.6. The third-order valence-electron chi connectivity index (χ3n) is 13.5. The van der Waals surface area contributed by atoms with E-state index in [-0.39, 0.29) is 69.0 Å². The average Bonchev–Trinajstić information content (AvgIpc) is 3.85. The molecule has 4 aliphatic rings. The van der Waals surface area contributed by atoms with Gasteiger partial charge < -0.3 is 48.4 Å². The summed E-state index contributed by atoms with van der Waals surface area (Å²) in [6, 6.07) is 21.1. The smallest absolute Gasteiger partial charge is 0.269 e. The van der Waals surface area contributed by atoms with E-state index in [2.05, 4.69) is 12.7 Å². The van der Waals surface area contributed by atoms with Crippen molar-refractivity contribution in [3.63, 3.8) is 0 Å². The molecule has 1 saturated carbocycles. The zero-order valence-electron chi connectivity index (χ0n) is 39.0.